The SMILES string of the molecule is CCc1c(C(F)(F)F)ccc(C)c1C. The Morgan fingerprint density at radius 2 is 1.71 bits per heavy atom. The summed E-state index contributed by atoms with van der Waals surface area (Å²) >= 11 is 0. The topological polar surface area (TPSA) is 0 Å². The molecule has 0 saturated carbocycles. The molecule has 0 aliphatic heterocycles. The highest BCUT2D eigenvalue weighted by Crippen LogP contribution is 2.34. The zero-order valence-corrected chi connectivity index (χ0v) is 8.50. The van der Waals surface area contributed by atoms with E-state index in [1.165, 1.54) is 12.1 Å². The van der Waals surface area contributed by atoms with Gasteiger partial charge in [0.05, 0.1) is 5.56 Å². The Balaban J connectivity index is 3.39. The highest BCUT2D eigenvalue weighted by atomic mass is 19.4. The quantitative estimate of drug-likeness (QED) is 0.648. The Labute approximate surface area is 81.8 Å². The van der Waals surface area contributed by atoms with Gasteiger partial charge in [-0.3, -0.25) is 0 Å². The van der Waals surface area contributed by atoms with Gasteiger partial charge >= 0.3 is 6.18 Å². The predicted octanol–water partition coefficient (Wildman–Crippen LogP) is 3.88. The monoisotopic (exact) mass is 202 g/mol. The molecule has 0 N–H and O–H groups in total. The van der Waals surface area contributed by atoms with Crippen molar-refractivity contribution in [2.45, 2.75) is 33.4 Å². The summed E-state index contributed by atoms with van der Waals surface area (Å²) in [6, 6.07) is 2.69. The third-order valence-electron chi connectivity index (χ3n) is 2.53. The Morgan fingerprint density at radius 3 is 2.14 bits per heavy atom. The van der Waals surface area contributed by atoms with Gasteiger partial charge in [-0.25, -0.2) is 0 Å². The summed E-state index contributed by atoms with van der Waals surface area (Å²) in [4.78, 5) is 0. The number of aryl methyl sites for hydroxylation is 1. The Morgan fingerprint density at radius 1 is 1.14 bits per heavy atom. The van der Waals surface area contributed by atoms with Gasteiger partial charge in [0.1, 0.15) is 0 Å². The van der Waals surface area contributed by atoms with Crippen LogP contribution in [-0.2, 0) is 12.6 Å². The van der Waals surface area contributed by atoms with Gasteiger partial charge in [-0.15, -0.1) is 0 Å². The van der Waals surface area contributed by atoms with Crippen molar-refractivity contribution in [2.24, 2.45) is 0 Å². The fraction of sp³-hybridized carbons (Fsp3) is 0.455. The summed E-state index contributed by atoms with van der Waals surface area (Å²) in [5, 5.41) is 0. The van der Waals surface area contributed by atoms with E-state index >= 15 is 0 Å². The van der Waals surface area contributed by atoms with Crippen molar-refractivity contribution in [3.8, 4) is 0 Å². The number of hydrogen-bond donors (Lipinski definition) is 0. The minimum atomic E-state index is -4.23. The third-order valence-corrected chi connectivity index (χ3v) is 2.53. The van der Waals surface area contributed by atoms with E-state index < -0.39 is 11.7 Å². The molecule has 14 heavy (non-hydrogen) atoms. The van der Waals surface area contributed by atoms with Gasteiger partial charge in [-0.2, -0.15) is 13.2 Å². The maximum atomic E-state index is 12.5. The van der Waals surface area contributed by atoms with Gasteiger partial charge in [0.2, 0.25) is 0 Å². The predicted molar refractivity (Wildman–Crippen MR) is 50.3 cm³/mol. The van der Waals surface area contributed by atoms with Crippen molar-refractivity contribution in [2.75, 3.05) is 0 Å². The van der Waals surface area contributed by atoms with Crippen molar-refractivity contribution >= 4 is 0 Å². The van der Waals surface area contributed by atoms with Crippen molar-refractivity contribution in [3.63, 3.8) is 0 Å². The lowest BCUT2D eigenvalue weighted by molar-refractivity contribution is -0.138. The Kier molecular flexibility index (Phi) is 2.88. The fourth-order valence-corrected chi connectivity index (χ4v) is 1.60. The van der Waals surface area contributed by atoms with Gasteiger partial charge in [0.25, 0.3) is 0 Å². The summed E-state index contributed by atoms with van der Waals surface area (Å²) in [6.07, 6.45) is -3.81. The van der Waals surface area contributed by atoms with E-state index in [0.29, 0.717) is 12.0 Å². The van der Waals surface area contributed by atoms with E-state index in [1.807, 2.05) is 6.92 Å². The van der Waals surface area contributed by atoms with Crippen LogP contribution >= 0.6 is 0 Å². The van der Waals surface area contributed by atoms with Gasteiger partial charge in [0, 0.05) is 0 Å². The zero-order valence-electron chi connectivity index (χ0n) is 8.50. The van der Waals surface area contributed by atoms with E-state index in [-0.39, 0.29) is 0 Å². The Hall–Kier alpha value is -0.990. The molecule has 3 heteroatoms. The van der Waals surface area contributed by atoms with Crippen molar-refractivity contribution in [1.29, 1.82) is 0 Å². The number of benzene rings is 1. The first kappa shape index (κ1) is 11.1. The average molecular weight is 202 g/mol. The van der Waals surface area contributed by atoms with Crippen LogP contribution in [0.5, 0.6) is 0 Å². The zero-order chi connectivity index (χ0) is 10.9. The first-order valence-electron chi connectivity index (χ1n) is 4.54. The van der Waals surface area contributed by atoms with Crippen LogP contribution in [0.3, 0.4) is 0 Å². The highest BCUT2D eigenvalue weighted by Gasteiger charge is 2.33. The van der Waals surface area contributed by atoms with Gasteiger partial charge in [-0.05, 0) is 43.0 Å². The van der Waals surface area contributed by atoms with Crippen molar-refractivity contribution in [3.05, 3.63) is 34.4 Å². The second-order valence-electron chi connectivity index (χ2n) is 3.38. The van der Waals surface area contributed by atoms with Gasteiger partial charge in [0.15, 0.2) is 0 Å². The molecule has 0 heterocycles. The molecule has 0 aliphatic rings. The molecule has 0 radical (unpaired) electrons. The molecule has 0 saturated heterocycles. The lowest BCUT2D eigenvalue weighted by atomic mass is 9.95. The highest BCUT2D eigenvalue weighted by molar-refractivity contribution is 5.41. The smallest absolute Gasteiger partial charge is 0.166 e. The van der Waals surface area contributed by atoms with Crippen LogP contribution < -0.4 is 0 Å². The molecule has 0 atom stereocenters. The maximum absolute atomic E-state index is 12.5. The summed E-state index contributed by atoms with van der Waals surface area (Å²) in [7, 11) is 0. The van der Waals surface area contributed by atoms with E-state index in [1.54, 1.807) is 13.8 Å². The minimum absolute atomic E-state index is 0.414. The molecule has 0 spiro atoms. The summed E-state index contributed by atoms with van der Waals surface area (Å²) in [5.41, 5.74) is 1.58. The van der Waals surface area contributed by atoms with Crippen molar-refractivity contribution in [1.82, 2.24) is 0 Å². The van der Waals surface area contributed by atoms with Crippen molar-refractivity contribution < 1.29 is 13.2 Å². The molecule has 1 aromatic rings. The summed E-state index contributed by atoms with van der Waals surface area (Å²) in [5.74, 6) is 0. The molecular weight excluding hydrogens is 189 g/mol. The normalized spacial score (nSPS) is 11.9. The number of hydrogen-bond acceptors (Lipinski definition) is 0. The second kappa shape index (κ2) is 3.64. The van der Waals surface area contributed by atoms with E-state index in [0.717, 1.165) is 11.1 Å². The van der Waals surface area contributed by atoms with Gasteiger partial charge in [-0.1, -0.05) is 13.0 Å². The molecule has 0 aromatic heterocycles. The molecule has 0 aliphatic carbocycles. The lowest BCUT2D eigenvalue weighted by Gasteiger charge is -2.15. The van der Waals surface area contributed by atoms with Crippen LogP contribution in [0.25, 0.3) is 0 Å². The number of rotatable bonds is 1. The number of alkyl halides is 3. The molecule has 0 amide bonds. The molecule has 0 nitrogen and oxygen atoms in total. The van der Waals surface area contributed by atoms with E-state index in [9.17, 15) is 13.2 Å². The van der Waals surface area contributed by atoms with Crippen LogP contribution in [0.1, 0.15) is 29.2 Å². The average Bonchev–Trinajstić information content (AvgIpc) is 2.07. The summed E-state index contributed by atoms with van der Waals surface area (Å²) in [6.45, 7) is 5.31. The molecule has 78 valence electrons. The first-order chi connectivity index (χ1) is 6.38. The molecule has 0 bridgehead atoms. The fourth-order valence-electron chi connectivity index (χ4n) is 1.60. The number of halogens is 3. The Bertz CT molecular complexity index is 337. The van der Waals surface area contributed by atoms with E-state index in [2.05, 4.69) is 0 Å². The van der Waals surface area contributed by atoms with Crippen LogP contribution in [0.4, 0.5) is 13.2 Å². The minimum Gasteiger partial charge on any atom is -0.166 e. The third kappa shape index (κ3) is 1.91. The van der Waals surface area contributed by atoms with Crippen LogP contribution in [0, 0.1) is 13.8 Å². The molecule has 1 aromatic carbocycles. The van der Waals surface area contributed by atoms with E-state index in [4.69, 9.17) is 0 Å². The molecular formula is C11H13F3. The van der Waals surface area contributed by atoms with Crippen LogP contribution in [0.15, 0.2) is 12.1 Å². The standard InChI is InChI=1S/C11H13F3/c1-4-9-8(3)7(2)5-6-10(9)11(12,13)14/h5-6H,4H2,1-3H3. The lowest BCUT2D eigenvalue weighted by Crippen LogP contribution is -2.10. The summed E-state index contributed by atoms with van der Waals surface area (Å²) < 4.78 is 37.6. The molecule has 1 rings (SSSR count). The van der Waals surface area contributed by atoms with Crippen LogP contribution in [-0.4, -0.2) is 0 Å². The first-order valence-corrected chi connectivity index (χ1v) is 4.54. The second-order valence-corrected chi connectivity index (χ2v) is 3.38. The van der Waals surface area contributed by atoms with Crippen LogP contribution in [0.2, 0.25) is 0 Å². The molecule has 0 fully saturated rings. The largest absolute Gasteiger partial charge is 0.416 e. The van der Waals surface area contributed by atoms with Gasteiger partial charge < -0.3 is 0 Å². The maximum Gasteiger partial charge on any atom is 0.416 e. The molecule has 0 unspecified atom stereocenters.